The number of para-hydroxylation sites is 2. The van der Waals surface area contributed by atoms with Gasteiger partial charge in [0.15, 0.2) is 0 Å². The molecular formula is C23H18N2O. The zero-order valence-electron chi connectivity index (χ0n) is 14.2. The van der Waals surface area contributed by atoms with Crippen LogP contribution in [0.3, 0.4) is 0 Å². The van der Waals surface area contributed by atoms with Crippen molar-refractivity contribution >= 4 is 22.5 Å². The Labute approximate surface area is 152 Å². The third-order valence-corrected chi connectivity index (χ3v) is 4.35. The van der Waals surface area contributed by atoms with Crippen LogP contribution in [-0.2, 0) is 11.2 Å². The lowest BCUT2D eigenvalue weighted by Gasteiger charge is -2.12. The topological polar surface area (TPSA) is 42.0 Å². The standard InChI is InChI=1S/C23H18N2O/c26-22(16-19-11-6-10-18-12-7-15-24-23(18)19)25-21-14-5-4-13-20(21)17-8-2-1-3-9-17/h1-15H,16H2,(H,25,26). The maximum Gasteiger partial charge on any atom is 0.228 e. The third-order valence-electron chi connectivity index (χ3n) is 4.35. The van der Waals surface area contributed by atoms with Gasteiger partial charge in [-0.1, -0.05) is 72.8 Å². The number of hydrogen-bond donors (Lipinski definition) is 1. The molecule has 0 aliphatic heterocycles. The molecule has 26 heavy (non-hydrogen) atoms. The van der Waals surface area contributed by atoms with Crippen molar-refractivity contribution < 1.29 is 4.79 Å². The van der Waals surface area contributed by atoms with E-state index < -0.39 is 0 Å². The lowest BCUT2D eigenvalue weighted by molar-refractivity contribution is -0.115. The van der Waals surface area contributed by atoms with E-state index in [0.29, 0.717) is 0 Å². The number of carbonyl (C=O) groups excluding carboxylic acids is 1. The third kappa shape index (κ3) is 3.33. The molecule has 0 saturated heterocycles. The van der Waals surface area contributed by atoms with Crippen LogP contribution in [0, 0.1) is 0 Å². The summed E-state index contributed by atoms with van der Waals surface area (Å²) in [6, 6.07) is 27.8. The molecule has 0 saturated carbocycles. The largest absolute Gasteiger partial charge is 0.325 e. The lowest BCUT2D eigenvalue weighted by atomic mass is 10.0. The number of carbonyl (C=O) groups is 1. The first-order chi connectivity index (χ1) is 12.8. The number of pyridine rings is 1. The minimum Gasteiger partial charge on any atom is -0.325 e. The summed E-state index contributed by atoms with van der Waals surface area (Å²) in [5, 5.41) is 4.10. The first kappa shape index (κ1) is 16.0. The van der Waals surface area contributed by atoms with Gasteiger partial charge in [0, 0.05) is 22.8 Å². The molecule has 1 heterocycles. The number of fused-ring (bicyclic) bond motifs is 1. The molecule has 1 aromatic heterocycles. The summed E-state index contributed by atoms with van der Waals surface area (Å²) < 4.78 is 0. The Hall–Kier alpha value is -3.46. The van der Waals surface area contributed by atoms with Crippen LogP contribution in [0.2, 0.25) is 0 Å². The minimum atomic E-state index is -0.0495. The molecular weight excluding hydrogens is 320 g/mol. The van der Waals surface area contributed by atoms with E-state index in [9.17, 15) is 4.79 Å². The van der Waals surface area contributed by atoms with Gasteiger partial charge in [0.2, 0.25) is 5.91 Å². The number of amides is 1. The van der Waals surface area contributed by atoms with Gasteiger partial charge in [-0.25, -0.2) is 0 Å². The maximum atomic E-state index is 12.7. The highest BCUT2D eigenvalue weighted by Crippen LogP contribution is 2.27. The molecule has 1 amide bonds. The van der Waals surface area contributed by atoms with Crippen molar-refractivity contribution in [1.82, 2.24) is 4.98 Å². The zero-order chi connectivity index (χ0) is 17.8. The Balaban J connectivity index is 1.60. The molecule has 4 rings (SSSR count). The maximum absolute atomic E-state index is 12.7. The first-order valence-electron chi connectivity index (χ1n) is 8.58. The molecule has 0 spiro atoms. The van der Waals surface area contributed by atoms with E-state index in [0.717, 1.165) is 33.3 Å². The number of aromatic nitrogens is 1. The lowest BCUT2D eigenvalue weighted by Crippen LogP contribution is -2.15. The van der Waals surface area contributed by atoms with Crippen LogP contribution in [-0.4, -0.2) is 10.9 Å². The second kappa shape index (κ2) is 7.19. The van der Waals surface area contributed by atoms with Crippen LogP contribution in [0.15, 0.2) is 91.1 Å². The normalized spacial score (nSPS) is 10.6. The van der Waals surface area contributed by atoms with Crippen LogP contribution in [0.25, 0.3) is 22.0 Å². The van der Waals surface area contributed by atoms with Crippen molar-refractivity contribution in [2.45, 2.75) is 6.42 Å². The van der Waals surface area contributed by atoms with E-state index in [1.807, 2.05) is 84.9 Å². The van der Waals surface area contributed by atoms with Gasteiger partial charge in [-0.05, 0) is 23.3 Å². The number of anilines is 1. The SMILES string of the molecule is O=C(Cc1cccc2cccnc12)Nc1ccccc1-c1ccccc1. The molecule has 4 aromatic rings. The van der Waals surface area contributed by atoms with E-state index in [4.69, 9.17) is 0 Å². The van der Waals surface area contributed by atoms with Crippen LogP contribution >= 0.6 is 0 Å². The number of hydrogen-bond acceptors (Lipinski definition) is 2. The summed E-state index contributed by atoms with van der Waals surface area (Å²) in [4.78, 5) is 17.1. The highest BCUT2D eigenvalue weighted by molar-refractivity contribution is 5.98. The number of nitrogens with zero attached hydrogens (tertiary/aromatic N) is 1. The van der Waals surface area contributed by atoms with Crippen molar-refractivity contribution in [3.8, 4) is 11.1 Å². The average molecular weight is 338 g/mol. The summed E-state index contributed by atoms with van der Waals surface area (Å²) >= 11 is 0. The zero-order valence-corrected chi connectivity index (χ0v) is 14.2. The fourth-order valence-electron chi connectivity index (χ4n) is 3.14. The van der Waals surface area contributed by atoms with Gasteiger partial charge in [0.25, 0.3) is 0 Å². The predicted octanol–water partition coefficient (Wildman–Crippen LogP) is 5.08. The Bertz CT molecular complexity index is 1050. The van der Waals surface area contributed by atoms with Crippen LogP contribution < -0.4 is 5.32 Å². The van der Waals surface area contributed by atoms with Crippen molar-refractivity contribution in [2.24, 2.45) is 0 Å². The van der Waals surface area contributed by atoms with Crippen molar-refractivity contribution in [3.63, 3.8) is 0 Å². The number of benzene rings is 3. The fraction of sp³-hybridized carbons (Fsp3) is 0.0435. The van der Waals surface area contributed by atoms with Crippen LogP contribution in [0.1, 0.15) is 5.56 Å². The van der Waals surface area contributed by atoms with Gasteiger partial charge in [0.05, 0.1) is 11.9 Å². The van der Waals surface area contributed by atoms with Crippen molar-refractivity contribution in [3.05, 3.63) is 96.7 Å². The Morgan fingerprint density at radius 2 is 1.58 bits per heavy atom. The van der Waals surface area contributed by atoms with E-state index in [1.54, 1.807) is 6.20 Å². The van der Waals surface area contributed by atoms with E-state index in [-0.39, 0.29) is 12.3 Å². The van der Waals surface area contributed by atoms with E-state index in [1.165, 1.54) is 0 Å². The summed E-state index contributed by atoms with van der Waals surface area (Å²) in [5.74, 6) is -0.0495. The fourth-order valence-corrected chi connectivity index (χ4v) is 3.14. The van der Waals surface area contributed by atoms with Gasteiger partial charge in [-0.15, -0.1) is 0 Å². The molecule has 0 fully saturated rings. The Morgan fingerprint density at radius 1 is 0.808 bits per heavy atom. The van der Waals surface area contributed by atoms with Gasteiger partial charge < -0.3 is 5.32 Å². The average Bonchev–Trinajstić information content (AvgIpc) is 2.69. The van der Waals surface area contributed by atoms with Crippen molar-refractivity contribution in [1.29, 1.82) is 0 Å². The molecule has 0 atom stereocenters. The summed E-state index contributed by atoms with van der Waals surface area (Å²) in [5.41, 5.74) is 4.71. The Morgan fingerprint density at radius 3 is 2.46 bits per heavy atom. The second-order valence-corrected chi connectivity index (χ2v) is 6.13. The smallest absolute Gasteiger partial charge is 0.228 e. The minimum absolute atomic E-state index is 0.0495. The predicted molar refractivity (Wildman–Crippen MR) is 106 cm³/mol. The van der Waals surface area contributed by atoms with E-state index >= 15 is 0 Å². The molecule has 0 bridgehead atoms. The monoisotopic (exact) mass is 338 g/mol. The highest BCUT2D eigenvalue weighted by Gasteiger charge is 2.11. The number of nitrogens with one attached hydrogen (secondary N) is 1. The molecule has 3 nitrogen and oxygen atoms in total. The molecule has 0 aliphatic rings. The van der Waals surface area contributed by atoms with Gasteiger partial charge in [-0.2, -0.15) is 0 Å². The van der Waals surface area contributed by atoms with Crippen LogP contribution in [0.5, 0.6) is 0 Å². The molecule has 0 radical (unpaired) electrons. The molecule has 0 aliphatic carbocycles. The molecule has 1 N–H and O–H groups in total. The number of rotatable bonds is 4. The summed E-state index contributed by atoms with van der Waals surface area (Å²) in [7, 11) is 0. The molecule has 3 heteroatoms. The summed E-state index contributed by atoms with van der Waals surface area (Å²) in [6.45, 7) is 0. The first-order valence-corrected chi connectivity index (χ1v) is 8.58. The summed E-state index contributed by atoms with van der Waals surface area (Å²) in [6.07, 6.45) is 2.05. The van der Waals surface area contributed by atoms with E-state index in [2.05, 4.69) is 10.3 Å². The van der Waals surface area contributed by atoms with Crippen molar-refractivity contribution in [2.75, 3.05) is 5.32 Å². The quantitative estimate of drug-likeness (QED) is 0.563. The van der Waals surface area contributed by atoms with Gasteiger partial charge in [0.1, 0.15) is 0 Å². The molecule has 0 unspecified atom stereocenters. The van der Waals surface area contributed by atoms with Crippen LogP contribution in [0.4, 0.5) is 5.69 Å². The second-order valence-electron chi connectivity index (χ2n) is 6.13. The van der Waals surface area contributed by atoms with Gasteiger partial charge >= 0.3 is 0 Å². The highest BCUT2D eigenvalue weighted by atomic mass is 16.1. The molecule has 126 valence electrons. The van der Waals surface area contributed by atoms with Gasteiger partial charge in [-0.3, -0.25) is 9.78 Å². The molecule has 3 aromatic carbocycles. The Kier molecular flexibility index (Phi) is 4.44.